The molecule has 0 saturated carbocycles. The maximum absolute atomic E-state index is 6.15. The van der Waals surface area contributed by atoms with E-state index in [2.05, 4.69) is 6.26 Å². The number of furan rings is 1. The van der Waals surface area contributed by atoms with Crippen LogP contribution >= 0.6 is 11.6 Å². The summed E-state index contributed by atoms with van der Waals surface area (Å²) >= 11 is 6.15. The van der Waals surface area contributed by atoms with Crippen LogP contribution < -0.4 is 0 Å². The van der Waals surface area contributed by atoms with Crippen LogP contribution in [-0.2, 0) is 0 Å². The average Bonchev–Trinajstić information content (AvgIpc) is 2.74. The molecular formula is C14H8ClO. The normalized spacial score (nSPS) is 10.8. The van der Waals surface area contributed by atoms with Crippen LogP contribution in [0.25, 0.3) is 22.1 Å². The second kappa shape index (κ2) is 3.69. The van der Waals surface area contributed by atoms with Crippen molar-refractivity contribution in [3.05, 3.63) is 59.8 Å². The lowest BCUT2D eigenvalue weighted by Gasteiger charge is -2.00. The predicted molar refractivity (Wildman–Crippen MR) is 65.5 cm³/mol. The Morgan fingerprint density at radius 2 is 1.69 bits per heavy atom. The topological polar surface area (TPSA) is 13.1 Å². The maximum Gasteiger partial charge on any atom is 0.179 e. The fraction of sp³-hybridized carbons (Fsp3) is 0. The lowest BCUT2D eigenvalue weighted by atomic mass is 10.1. The van der Waals surface area contributed by atoms with Crippen molar-refractivity contribution in [1.29, 1.82) is 0 Å². The van der Waals surface area contributed by atoms with Gasteiger partial charge in [-0.3, -0.25) is 0 Å². The number of benzene rings is 2. The van der Waals surface area contributed by atoms with E-state index in [4.69, 9.17) is 16.0 Å². The van der Waals surface area contributed by atoms with Crippen molar-refractivity contribution >= 4 is 22.6 Å². The first-order valence-electron chi connectivity index (χ1n) is 5.00. The molecule has 0 atom stereocenters. The van der Waals surface area contributed by atoms with Crippen LogP contribution in [0.5, 0.6) is 0 Å². The van der Waals surface area contributed by atoms with Gasteiger partial charge in [-0.1, -0.05) is 48.0 Å². The Kier molecular flexibility index (Phi) is 2.19. The molecule has 1 radical (unpaired) electrons. The van der Waals surface area contributed by atoms with Gasteiger partial charge in [0, 0.05) is 21.5 Å². The highest BCUT2D eigenvalue weighted by Crippen LogP contribution is 2.33. The van der Waals surface area contributed by atoms with Gasteiger partial charge in [0.2, 0.25) is 0 Å². The molecule has 0 bridgehead atoms. The molecule has 1 aromatic heterocycles. The van der Waals surface area contributed by atoms with Crippen LogP contribution in [0.15, 0.2) is 52.9 Å². The average molecular weight is 228 g/mol. The van der Waals surface area contributed by atoms with Crippen molar-refractivity contribution in [3.8, 4) is 11.1 Å². The lowest BCUT2D eigenvalue weighted by molar-refractivity contribution is 0.607. The molecule has 0 unspecified atom stereocenters. The standard InChI is InChI=1S/C14H8ClO/c15-13-7-3-1-5-10(13)12-9-16-14-8-4-2-6-11(12)14/h1-8H. The van der Waals surface area contributed by atoms with E-state index >= 15 is 0 Å². The Balaban J connectivity index is 2.31. The smallest absolute Gasteiger partial charge is 0.179 e. The Morgan fingerprint density at radius 1 is 0.938 bits per heavy atom. The van der Waals surface area contributed by atoms with E-state index in [0.717, 1.165) is 22.1 Å². The molecule has 0 amide bonds. The van der Waals surface area contributed by atoms with E-state index in [-0.39, 0.29) is 0 Å². The van der Waals surface area contributed by atoms with E-state index in [1.807, 2.05) is 48.5 Å². The van der Waals surface area contributed by atoms with Gasteiger partial charge in [0.05, 0.1) is 0 Å². The number of halogens is 1. The summed E-state index contributed by atoms with van der Waals surface area (Å²) in [4.78, 5) is 0. The van der Waals surface area contributed by atoms with Crippen molar-refractivity contribution < 1.29 is 4.42 Å². The van der Waals surface area contributed by atoms with Gasteiger partial charge in [-0.2, -0.15) is 0 Å². The van der Waals surface area contributed by atoms with E-state index in [0.29, 0.717) is 5.02 Å². The molecule has 77 valence electrons. The van der Waals surface area contributed by atoms with Crippen molar-refractivity contribution in [2.24, 2.45) is 0 Å². The van der Waals surface area contributed by atoms with Gasteiger partial charge in [0.15, 0.2) is 6.26 Å². The zero-order chi connectivity index (χ0) is 11.0. The fourth-order valence-corrected chi connectivity index (χ4v) is 2.02. The third-order valence-electron chi connectivity index (χ3n) is 2.56. The maximum atomic E-state index is 6.15. The van der Waals surface area contributed by atoms with E-state index in [1.54, 1.807) is 0 Å². The number of hydrogen-bond donors (Lipinski definition) is 0. The highest BCUT2D eigenvalue weighted by molar-refractivity contribution is 6.33. The first-order chi connectivity index (χ1) is 7.86. The molecule has 0 spiro atoms. The summed E-state index contributed by atoms with van der Waals surface area (Å²) in [6, 6.07) is 15.6. The van der Waals surface area contributed by atoms with Gasteiger partial charge in [0.25, 0.3) is 0 Å². The summed E-state index contributed by atoms with van der Waals surface area (Å²) in [5, 5.41) is 1.75. The van der Waals surface area contributed by atoms with Crippen LogP contribution in [0.3, 0.4) is 0 Å². The van der Waals surface area contributed by atoms with Crippen molar-refractivity contribution in [3.63, 3.8) is 0 Å². The predicted octanol–water partition coefficient (Wildman–Crippen LogP) is 4.55. The highest BCUT2D eigenvalue weighted by atomic mass is 35.5. The van der Waals surface area contributed by atoms with E-state index in [9.17, 15) is 0 Å². The molecule has 0 N–H and O–H groups in total. The van der Waals surface area contributed by atoms with Gasteiger partial charge in [-0.15, -0.1) is 0 Å². The van der Waals surface area contributed by atoms with E-state index < -0.39 is 0 Å². The summed E-state index contributed by atoms with van der Waals surface area (Å²) in [7, 11) is 0. The summed E-state index contributed by atoms with van der Waals surface area (Å²) in [6.45, 7) is 0. The van der Waals surface area contributed by atoms with Gasteiger partial charge >= 0.3 is 0 Å². The molecule has 16 heavy (non-hydrogen) atoms. The van der Waals surface area contributed by atoms with Crippen LogP contribution in [0.1, 0.15) is 0 Å². The minimum atomic E-state index is 0.713. The second-order valence-corrected chi connectivity index (χ2v) is 3.96. The Morgan fingerprint density at radius 3 is 2.56 bits per heavy atom. The molecule has 0 fully saturated rings. The fourth-order valence-electron chi connectivity index (χ4n) is 1.79. The highest BCUT2D eigenvalue weighted by Gasteiger charge is 2.10. The first kappa shape index (κ1) is 9.49. The largest absolute Gasteiger partial charge is 0.452 e. The zero-order valence-electron chi connectivity index (χ0n) is 8.41. The minimum absolute atomic E-state index is 0.713. The molecule has 0 aliphatic carbocycles. The third-order valence-corrected chi connectivity index (χ3v) is 2.89. The molecule has 0 aliphatic rings. The van der Waals surface area contributed by atoms with Crippen LogP contribution in [-0.4, -0.2) is 0 Å². The molecule has 2 heteroatoms. The van der Waals surface area contributed by atoms with Crippen LogP contribution in [0.4, 0.5) is 0 Å². The lowest BCUT2D eigenvalue weighted by Crippen LogP contribution is -1.76. The third kappa shape index (κ3) is 1.41. The monoisotopic (exact) mass is 227 g/mol. The van der Waals surface area contributed by atoms with Crippen molar-refractivity contribution in [2.75, 3.05) is 0 Å². The van der Waals surface area contributed by atoms with Gasteiger partial charge in [-0.05, 0) is 12.1 Å². The molecule has 2 aromatic carbocycles. The molecule has 1 heterocycles. The molecule has 3 rings (SSSR count). The first-order valence-corrected chi connectivity index (χ1v) is 5.38. The Labute approximate surface area is 98.3 Å². The molecule has 0 saturated heterocycles. The number of rotatable bonds is 1. The number of hydrogen-bond acceptors (Lipinski definition) is 1. The summed E-state index contributed by atoms with van der Waals surface area (Å²) in [6.07, 6.45) is 2.91. The number of fused-ring (bicyclic) bond motifs is 1. The van der Waals surface area contributed by atoms with E-state index in [1.165, 1.54) is 0 Å². The van der Waals surface area contributed by atoms with Gasteiger partial charge < -0.3 is 4.42 Å². The Hall–Kier alpha value is -1.73. The van der Waals surface area contributed by atoms with Crippen LogP contribution in [0.2, 0.25) is 5.02 Å². The Bertz CT molecular complexity index is 640. The quantitative estimate of drug-likeness (QED) is 0.594. The molecule has 1 nitrogen and oxygen atoms in total. The van der Waals surface area contributed by atoms with Crippen LogP contribution in [0, 0.1) is 6.26 Å². The molecular weight excluding hydrogens is 220 g/mol. The van der Waals surface area contributed by atoms with Crippen molar-refractivity contribution in [1.82, 2.24) is 0 Å². The van der Waals surface area contributed by atoms with Crippen molar-refractivity contribution in [2.45, 2.75) is 0 Å². The zero-order valence-corrected chi connectivity index (χ0v) is 9.16. The summed E-state index contributed by atoms with van der Waals surface area (Å²) in [5.41, 5.74) is 2.70. The minimum Gasteiger partial charge on any atom is -0.452 e. The van der Waals surface area contributed by atoms with Gasteiger partial charge in [0.1, 0.15) is 5.58 Å². The molecule has 0 aliphatic heterocycles. The number of para-hydroxylation sites is 1. The second-order valence-electron chi connectivity index (χ2n) is 3.56. The summed E-state index contributed by atoms with van der Waals surface area (Å²) in [5.74, 6) is 0. The molecule has 3 aromatic rings. The van der Waals surface area contributed by atoms with Gasteiger partial charge in [-0.25, -0.2) is 0 Å². The summed E-state index contributed by atoms with van der Waals surface area (Å²) < 4.78 is 5.37. The SMILES string of the molecule is Clc1ccccc1-c1[c]oc2ccccc12.